The first kappa shape index (κ1) is 12.4. The Labute approximate surface area is 78.8 Å². The molecule has 0 aromatic carbocycles. The van der Waals surface area contributed by atoms with Crippen LogP contribution >= 0.6 is 0 Å². The van der Waals surface area contributed by atoms with Crippen LogP contribution in [0.5, 0.6) is 0 Å². The van der Waals surface area contributed by atoms with Crippen LogP contribution in [0.15, 0.2) is 0 Å². The van der Waals surface area contributed by atoms with E-state index >= 15 is 0 Å². The zero-order valence-electron chi connectivity index (χ0n) is 8.66. The summed E-state index contributed by atoms with van der Waals surface area (Å²) in [5.41, 5.74) is -1.17. The fourth-order valence-corrected chi connectivity index (χ4v) is 0.902. The molecule has 0 aliphatic rings. The molecule has 0 fully saturated rings. The monoisotopic (exact) mass is 190 g/mol. The van der Waals surface area contributed by atoms with E-state index in [-0.39, 0.29) is 6.42 Å². The molecule has 0 aliphatic carbocycles. The summed E-state index contributed by atoms with van der Waals surface area (Å²) in [6, 6.07) is 0. The Bertz CT molecular complexity index is 165. The van der Waals surface area contributed by atoms with Gasteiger partial charge >= 0.3 is 5.97 Å². The third kappa shape index (κ3) is 4.24. The first-order chi connectivity index (χ1) is 5.94. The molecule has 0 aromatic heterocycles. The SMILES string of the molecule is CCOC(=O)CC(C)(O)C(C)OC. The zero-order valence-corrected chi connectivity index (χ0v) is 8.66. The second kappa shape index (κ2) is 5.19. The fraction of sp³-hybridized carbons (Fsp3) is 0.889. The summed E-state index contributed by atoms with van der Waals surface area (Å²) >= 11 is 0. The van der Waals surface area contributed by atoms with Gasteiger partial charge in [-0.25, -0.2) is 0 Å². The maximum absolute atomic E-state index is 11.0. The summed E-state index contributed by atoms with van der Waals surface area (Å²) in [6.07, 6.45) is -0.438. The molecule has 0 rings (SSSR count). The van der Waals surface area contributed by atoms with Gasteiger partial charge in [0, 0.05) is 7.11 Å². The van der Waals surface area contributed by atoms with Crippen molar-refractivity contribution in [2.24, 2.45) is 0 Å². The van der Waals surface area contributed by atoms with Crippen LogP contribution in [0.1, 0.15) is 27.2 Å². The number of rotatable bonds is 5. The van der Waals surface area contributed by atoms with Crippen molar-refractivity contribution in [3.05, 3.63) is 0 Å². The molecule has 0 amide bonds. The average molecular weight is 190 g/mol. The highest BCUT2D eigenvalue weighted by atomic mass is 16.5. The third-order valence-electron chi connectivity index (χ3n) is 2.04. The summed E-state index contributed by atoms with van der Waals surface area (Å²) in [5.74, 6) is -0.406. The van der Waals surface area contributed by atoms with E-state index in [2.05, 4.69) is 0 Å². The van der Waals surface area contributed by atoms with Gasteiger partial charge in [0.05, 0.1) is 24.7 Å². The number of carbonyl (C=O) groups is 1. The molecule has 4 nitrogen and oxygen atoms in total. The van der Waals surface area contributed by atoms with Gasteiger partial charge in [0.2, 0.25) is 0 Å². The Morgan fingerprint density at radius 3 is 2.54 bits per heavy atom. The molecule has 0 saturated heterocycles. The first-order valence-corrected chi connectivity index (χ1v) is 4.34. The van der Waals surface area contributed by atoms with E-state index in [0.717, 1.165) is 0 Å². The molecule has 2 unspecified atom stereocenters. The summed E-state index contributed by atoms with van der Waals surface area (Å²) in [6.45, 7) is 5.32. The van der Waals surface area contributed by atoms with E-state index in [4.69, 9.17) is 9.47 Å². The number of ether oxygens (including phenoxy) is 2. The van der Waals surface area contributed by atoms with Gasteiger partial charge in [0.15, 0.2) is 0 Å². The van der Waals surface area contributed by atoms with Crippen molar-refractivity contribution in [1.82, 2.24) is 0 Å². The Morgan fingerprint density at radius 2 is 2.15 bits per heavy atom. The van der Waals surface area contributed by atoms with Crippen LogP contribution in [0, 0.1) is 0 Å². The van der Waals surface area contributed by atoms with Gasteiger partial charge in [-0.05, 0) is 20.8 Å². The van der Waals surface area contributed by atoms with Gasteiger partial charge < -0.3 is 14.6 Å². The average Bonchev–Trinajstić information content (AvgIpc) is 2.02. The highest BCUT2D eigenvalue weighted by molar-refractivity contribution is 5.70. The molecule has 0 aromatic rings. The van der Waals surface area contributed by atoms with E-state index in [1.807, 2.05) is 0 Å². The van der Waals surface area contributed by atoms with E-state index in [1.54, 1.807) is 20.8 Å². The standard InChI is InChI=1S/C9H18O4/c1-5-13-8(10)6-9(3,11)7(2)12-4/h7,11H,5-6H2,1-4H3. The molecule has 0 radical (unpaired) electrons. The van der Waals surface area contributed by atoms with Gasteiger partial charge in [-0.2, -0.15) is 0 Å². The fourth-order valence-electron chi connectivity index (χ4n) is 0.902. The molecule has 0 spiro atoms. The van der Waals surface area contributed by atoms with Gasteiger partial charge in [-0.15, -0.1) is 0 Å². The van der Waals surface area contributed by atoms with Crippen LogP contribution in [0.3, 0.4) is 0 Å². The summed E-state index contributed by atoms with van der Waals surface area (Å²) in [7, 11) is 1.49. The van der Waals surface area contributed by atoms with Crippen LogP contribution in [-0.2, 0) is 14.3 Å². The summed E-state index contributed by atoms with van der Waals surface area (Å²) in [5, 5.41) is 9.75. The lowest BCUT2D eigenvalue weighted by atomic mass is 9.96. The largest absolute Gasteiger partial charge is 0.466 e. The third-order valence-corrected chi connectivity index (χ3v) is 2.04. The normalized spacial score (nSPS) is 17.6. The van der Waals surface area contributed by atoms with Crippen molar-refractivity contribution in [2.75, 3.05) is 13.7 Å². The minimum Gasteiger partial charge on any atom is -0.466 e. The van der Waals surface area contributed by atoms with E-state index in [9.17, 15) is 9.90 Å². The van der Waals surface area contributed by atoms with Gasteiger partial charge in [0.25, 0.3) is 0 Å². The lowest BCUT2D eigenvalue weighted by molar-refractivity contribution is -0.153. The molecular formula is C9H18O4. The Kier molecular flexibility index (Phi) is 4.95. The van der Waals surface area contributed by atoms with Crippen molar-refractivity contribution in [1.29, 1.82) is 0 Å². The lowest BCUT2D eigenvalue weighted by Crippen LogP contribution is -2.40. The van der Waals surface area contributed by atoms with Crippen molar-refractivity contribution < 1.29 is 19.4 Å². The summed E-state index contributed by atoms with van der Waals surface area (Å²) < 4.78 is 9.65. The molecular weight excluding hydrogens is 172 g/mol. The molecule has 0 aliphatic heterocycles. The molecule has 0 heterocycles. The molecule has 0 saturated carbocycles. The van der Waals surface area contributed by atoms with Crippen LogP contribution in [-0.4, -0.2) is 36.5 Å². The number of methoxy groups -OCH3 is 1. The predicted molar refractivity (Wildman–Crippen MR) is 48.3 cm³/mol. The molecule has 0 bridgehead atoms. The van der Waals surface area contributed by atoms with Crippen LogP contribution in [0.25, 0.3) is 0 Å². The Balaban J connectivity index is 4.08. The topological polar surface area (TPSA) is 55.8 Å². The Hall–Kier alpha value is -0.610. The molecule has 1 N–H and O–H groups in total. The number of hydrogen-bond acceptors (Lipinski definition) is 4. The van der Waals surface area contributed by atoms with Gasteiger partial charge in [0.1, 0.15) is 0 Å². The van der Waals surface area contributed by atoms with E-state index in [0.29, 0.717) is 6.61 Å². The predicted octanol–water partition coefficient (Wildman–Crippen LogP) is 0.726. The van der Waals surface area contributed by atoms with Gasteiger partial charge in [-0.3, -0.25) is 4.79 Å². The van der Waals surface area contributed by atoms with E-state index in [1.165, 1.54) is 7.11 Å². The second-order valence-electron chi connectivity index (χ2n) is 3.22. The highest BCUT2D eigenvalue weighted by Crippen LogP contribution is 2.17. The van der Waals surface area contributed by atoms with Crippen LogP contribution < -0.4 is 0 Å². The minimum absolute atomic E-state index is 0.0458. The molecule has 4 heteroatoms. The maximum Gasteiger partial charge on any atom is 0.308 e. The van der Waals surface area contributed by atoms with Crippen molar-refractivity contribution in [3.8, 4) is 0 Å². The van der Waals surface area contributed by atoms with Crippen molar-refractivity contribution >= 4 is 5.97 Å². The molecule has 78 valence electrons. The maximum atomic E-state index is 11.0. The zero-order chi connectivity index (χ0) is 10.5. The lowest BCUT2D eigenvalue weighted by Gasteiger charge is -2.27. The van der Waals surface area contributed by atoms with Crippen molar-refractivity contribution in [3.63, 3.8) is 0 Å². The molecule has 13 heavy (non-hydrogen) atoms. The van der Waals surface area contributed by atoms with E-state index < -0.39 is 17.7 Å². The smallest absolute Gasteiger partial charge is 0.308 e. The number of hydrogen-bond donors (Lipinski definition) is 1. The van der Waals surface area contributed by atoms with Crippen molar-refractivity contribution in [2.45, 2.75) is 38.9 Å². The number of aliphatic hydroxyl groups is 1. The summed E-state index contributed by atoms with van der Waals surface area (Å²) in [4.78, 5) is 11.0. The van der Waals surface area contributed by atoms with Crippen LogP contribution in [0.2, 0.25) is 0 Å². The molecule has 2 atom stereocenters. The van der Waals surface area contributed by atoms with Crippen LogP contribution in [0.4, 0.5) is 0 Å². The Morgan fingerprint density at radius 1 is 1.62 bits per heavy atom. The number of esters is 1. The quantitative estimate of drug-likeness (QED) is 0.649. The highest BCUT2D eigenvalue weighted by Gasteiger charge is 2.31. The number of carbonyl (C=O) groups excluding carboxylic acids is 1. The van der Waals surface area contributed by atoms with Gasteiger partial charge in [-0.1, -0.05) is 0 Å². The second-order valence-corrected chi connectivity index (χ2v) is 3.22. The minimum atomic E-state index is -1.17. The first-order valence-electron chi connectivity index (χ1n) is 4.34.